The molecule has 0 bridgehead atoms. The molecule has 0 amide bonds. The van der Waals surface area contributed by atoms with Gasteiger partial charge in [0, 0.05) is 5.41 Å². The molecule has 4 heteroatoms. The van der Waals surface area contributed by atoms with Gasteiger partial charge in [-0.15, -0.1) is 0 Å². The second-order valence-electron chi connectivity index (χ2n) is 8.45. The first kappa shape index (κ1) is 23.1. The molecule has 1 aliphatic rings. The van der Waals surface area contributed by atoms with Crippen LogP contribution in [0.4, 0.5) is 0 Å². The molecule has 0 N–H and O–H groups in total. The summed E-state index contributed by atoms with van der Waals surface area (Å²) in [4.78, 5) is 26.5. The van der Waals surface area contributed by atoms with Gasteiger partial charge in [0.1, 0.15) is 0 Å². The van der Waals surface area contributed by atoms with Gasteiger partial charge < -0.3 is 9.47 Å². The molecule has 1 aliphatic carbocycles. The largest absolute Gasteiger partial charge is 0.465 e. The van der Waals surface area contributed by atoms with E-state index in [0.29, 0.717) is 13.2 Å². The Labute approximate surface area is 186 Å². The van der Waals surface area contributed by atoms with E-state index >= 15 is 0 Å². The molecule has 0 aliphatic heterocycles. The molecule has 0 aromatic heterocycles. The van der Waals surface area contributed by atoms with Crippen molar-refractivity contribution in [2.75, 3.05) is 13.2 Å². The number of hydrogen-bond acceptors (Lipinski definition) is 4. The van der Waals surface area contributed by atoms with Crippen LogP contribution < -0.4 is 0 Å². The first-order chi connectivity index (χ1) is 15.0. The Balaban J connectivity index is 2.12. The van der Waals surface area contributed by atoms with Crippen LogP contribution in [-0.2, 0) is 24.5 Å². The normalized spacial score (nSPS) is 15.5. The molecule has 0 fully saturated rings. The Kier molecular flexibility index (Phi) is 7.53. The van der Waals surface area contributed by atoms with Gasteiger partial charge in [-0.2, -0.15) is 0 Å². The molecule has 0 saturated heterocycles. The summed E-state index contributed by atoms with van der Waals surface area (Å²) < 4.78 is 11.3. The number of esters is 2. The Morgan fingerprint density at radius 1 is 0.742 bits per heavy atom. The lowest BCUT2D eigenvalue weighted by Crippen LogP contribution is -2.47. The van der Waals surface area contributed by atoms with Crippen LogP contribution in [0.1, 0.15) is 64.5 Å². The van der Waals surface area contributed by atoms with Gasteiger partial charge in [0.15, 0.2) is 0 Å². The quantitative estimate of drug-likeness (QED) is 0.353. The average molecular weight is 423 g/mol. The first-order valence-corrected chi connectivity index (χ1v) is 11.5. The van der Waals surface area contributed by atoms with E-state index in [4.69, 9.17) is 9.47 Å². The van der Waals surface area contributed by atoms with E-state index < -0.39 is 17.3 Å². The van der Waals surface area contributed by atoms with Gasteiger partial charge in [-0.1, -0.05) is 89.1 Å². The van der Waals surface area contributed by atoms with Crippen LogP contribution in [0.3, 0.4) is 0 Å². The van der Waals surface area contributed by atoms with Crippen molar-refractivity contribution >= 4 is 11.9 Å². The molecule has 2 aromatic rings. The average Bonchev–Trinajstić information content (AvgIpc) is 3.09. The predicted molar refractivity (Wildman–Crippen MR) is 123 cm³/mol. The van der Waals surface area contributed by atoms with Crippen LogP contribution in [0.5, 0.6) is 0 Å². The standard InChI is InChI=1S/C27H34O4/c1-5-7-17-30-25(28)19(3)27(20(4)26(29)31-18-8-6-2)23-15-11-9-13-21(23)22-14-10-12-16-24(22)27/h9-16,19-20H,5-8,17-18H2,1-4H3. The van der Waals surface area contributed by atoms with Gasteiger partial charge in [0.2, 0.25) is 0 Å². The monoisotopic (exact) mass is 422 g/mol. The number of carbonyl (C=O) groups is 2. The van der Waals surface area contributed by atoms with Crippen molar-refractivity contribution in [3.8, 4) is 11.1 Å². The van der Waals surface area contributed by atoms with Crippen molar-refractivity contribution in [2.45, 2.75) is 58.8 Å². The summed E-state index contributed by atoms with van der Waals surface area (Å²) in [6.07, 6.45) is 3.57. The van der Waals surface area contributed by atoms with Gasteiger partial charge >= 0.3 is 11.9 Å². The molecule has 2 atom stereocenters. The number of unbranched alkanes of at least 4 members (excludes halogenated alkanes) is 2. The van der Waals surface area contributed by atoms with Crippen LogP contribution >= 0.6 is 0 Å². The summed E-state index contributed by atoms with van der Waals surface area (Å²) in [5.41, 5.74) is 3.30. The number of benzene rings is 2. The number of rotatable bonds is 10. The Morgan fingerprint density at radius 2 is 1.13 bits per heavy atom. The van der Waals surface area contributed by atoms with Crippen molar-refractivity contribution in [1.82, 2.24) is 0 Å². The van der Waals surface area contributed by atoms with Gasteiger partial charge in [0.05, 0.1) is 25.0 Å². The SMILES string of the molecule is CCCCOC(=O)C(C)C1(C(C)C(=O)OCCCC)c2ccccc2-c2ccccc21. The third-order valence-corrected chi connectivity index (χ3v) is 6.59. The van der Waals surface area contributed by atoms with Crippen molar-refractivity contribution in [3.05, 3.63) is 59.7 Å². The minimum atomic E-state index is -0.834. The lowest BCUT2D eigenvalue weighted by Gasteiger charge is -2.40. The molecule has 31 heavy (non-hydrogen) atoms. The van der Waals surface area contributed by atoms with Crippen LogP contribution in [0, 0.1) is 11.8 Å². The summed E-state index contributed by atoms with van der Waals surface area (Å²) in [6, 6.07) is 16.2. The molecular formula is C27H34O4. The second-order valence-corrected chi connectivity index (χ2v) is 8.45. The number of carbonyl (C=O) groups excluding carboxylic acids is 2. The summed E-state index contributed by atoms with van der Waals surface area (Å²) in [5, 5.41) is 0. The topological polar surface area (TPSA) is 52.6 Å². The molecule has 0 saturated carbocycles. The summed E-state index contributed by atoms with van der Waals surface area (Å²) in [6.45, 7) is 8.71. The molecule has 3 rings (SSSR count). The Bertz CT molecular complexity index is 841. The molecular weight excluding hydrogens is 388 g/mol. The van der Waals surface area contributed by atoms with Crippen molar-refractivity contribution in [3.63, 3.8) is 0 Å². The highest BCUT2D eigenvalue weighted by molar-refractivity contribution is 5.90. The van der Waals surface area contributed by atoms with Crippen LogP contribution in [0.25, 0.3) is 11.1 Å². The zero-order valence-electron chi connectivity index (χ0n) is 19.1. The molecule has 0 spiro atoms. The number of fused-ring (bicyclic) bond motifs is 3. The highest BCUT2D eigenvalue weighted by Crippen LogP contribution is 2.56. The van der Waals surface area contributed by atoms with Gasteiger partial charge in [-0.25, -0.2) is 0 Å². The zero-order chi connectivity index (χ0) is 22.4. The van der Waals surface area contributed by atoms with Crippen molar-refractivity contribution in [2.24, 2.45) is 11.8 Å². The maximum Gasteiger partial charge on any atom is 0.309 e. The number of hydrogen-bond donors (Lipinski definition) is 0. The van der Waals surface area contributed by atoms with E-state index in [1.807, 2.05) is 50.2 Å². The van der Waals surface area contributed by atoms with E-state index in [1.165, 1.54) is 0 Å². The van der Waals surface area contributed by atoms with Gasteiger partial charge in [-0.3, -0.25) is 9.59 Å². The fourth-order valence-electron chi connectivity index (χ4n) is 4.87. The fraction of sp³-hybridized carbons (Fsp3) is 0.481. The van der Waals surface area contributed by atoms with E-state index in [-0.39, 0.29) is 11.9 Å². The minimum absolute atomic E-state index is 0.270. The van der Waals surface area contributed by atoms with E-state index in [1.54, 1.807) is 0 Å². The van der Waals surface area contributed by atoms with Crippen LogP contribution in [0.2, 0.25) is 0 Å². The lowest BCUT2D eigenvalue weighted by molar-refractivity contribution is -0.156. The third-order valence-electron chi connectivity index (χ3n) is 6.59. The lowest BCUT2D eigenvalue weighted by atomic mass is 9.61. The van der Waals surface area contributed by atoms with E-state index in [2.05, 4.69) is 26.0 Å². The molecule has 0 radical (unpaired) electrons. The summed E-state index contributed by atoms with van der Waals surface area (Å²) >= 11 is 0. The smallest absolute Gasteiger partial charge is 0.309 e. The maximum atomic E-state index is 13.2. The van der Waals surface area contributed by atoms with Gasteiger partial charge in [0.25, 0.3) is 0 Å². The number of ether oxygens (including phenoxy) is 2. The molecule has 0 heterocycles. The highest BCUT2D eigenvalue weighted by Gasteiger charge is 2.55. The third kappa shape index (κ3) is 4.13. The van der Waals surface area contributed by atoms with Crippen molar-refractivity contribution in [1.29, 1.82) is 0 Å². The first-order valence-electron chi connectivity index (χ1n) is 11.5. The van der Waals surface area contributed by atoms with Crippen LogP contribution in [0.15, 0.2) is 48.5 Å². The Morgan fingerprint density at radius 3 is 1.52 bits per heavy atom. The van der Waals surface area contributed by atoms with E-state index in [9.17, 15) is 9.59 Å². The molecule has 2 aromatic carbocycles. The maximum absolute atomic E-state index is 13.2. The van der Waals surface area contributed by atoms with Crippen molar-refractivity contribution < 1.29 is 19.1 Å². The highest BCUT2D eigenvalue weighted by atomic mass is 16.5. The second kappa shape index (κ2) is 10.1. The molecule has 166 valence electrons. The van der Waals surface area contributed by atoms with E-state index in [0.717, 1.165) is 47.9 Å². The molecule has 4 nitrogen and oxygen atoms in total. The summed E-state index contributed by atoms with van der Waals surface area (Å²) in [5.74, 6) is -1.62. The molecule has 2 unspecified atom stereocenters. The summed E-state index contributed by atoms with van der Waals surface area (Å²) in [7, 11) is 0. The van der Waals surface area contributed by atoms with Gasteiger partial charge in [-0.05, 0) is 35.1 Å². The zero-order valence-corrected chi connectivity index (χ0v) is 19.1. The predicted octanol–water partition coefficient (Wildman–Crippen LogP) is 5.91. The fourth-order valence-corrected chi connectivity index (χ4v) is 4.87. The minimum Gasteiger partial charge on any atom is -0.465 e. The Hall–Kier alpha value is -2.62. The van der Waals surface area contributed by atoms with Crippen LogP contribution in [-0.4, -0.2) is 25.2 Å².